The van der Waals surface area contributed by atoms with Gasteiger partial charge in [0.1, 0.15) is 6.04 Å². The Morgan fingerprint density at radius 2 is 1.69 bits per heavy atom. The van der Waals surface area contributed by atoms with Crippen molar-refractivity contribution < 1.29 is 13.2 Å². The van der Waals surface area contributed by atoms with Crippen molar-refractivity contribution in [1.82, 2.24) is 0 Å². The molecule has 0 radical (unpaired) electrons. The van der Waals surface area contributed by atoms with E-state index in [0.717, 1.165) is 34.2 Å². The summed E-state index contributed by atoms with van der Waals surface area (Å²) in [6, 6.07) is 10.5. The van der Waals surface area contributed by atoms with Crippen molar-refractivity contribution in [2.45, 2.75) is 59.9 Å². The summed E-state index contributed by atoms with van der Waals surface area (Å²) in [5.41, 5.74) is 5.31. The first-order valence-electron chi connectivity index (χ1n) is 9.94. The van der Waals surface area contributed by atoms with E-state index in [1.807, 2.05) is 58.0 Å². The molecular formula is C23H32N2O3S. The Kier molecular flexibility index (Phi) is 7.11. The first-order chi connectivity index (χ1) is 13.5. The van der Waals surface area contributed by atoms with Gasteiger partial charge in [-0.2, -0.15) is 0 Å². The van der Waals surface area contributed by atoms with Gasteiger partial charge in [0, 0.05) is 5.69 Å². The Bertz CT molecular complexity index is 997. The lowest BCUT2D eigenvalue weighted by Gasteiger charge is -2.31. The van der Waals surface area contributed by atoms with Crippen LogP contribution in [-0.4, -0.2) is 26.6 Å². The molecule has 0 aliphatic carbocycles. The summed E-state index contributed by atoms with van der Waals surface area (Å²) in [5.74, 6) is -0.0941. The average Bonchev–Trinajstić information content (AvgIpc) is 2.62. The lowest BCUT2D eigenvalue weighted by molar-refractivity contribution is -0.117. The summed E-state index contributed by atoms with van der Waals surface area (Å²) in [6.07, 6.45) is 1.50. The third-order valence-corrected chi connectivity index (χ3v) is 6.43. The monoisotopic (exact) mass is 416 g/mol. The number of nitrogens with zero attached hydrogens (tertiary/aromatic N) is 1. The summed E-state index contributed by atoms with van der Waals surface area (Å²) in [4.78, 5) is 13.3. The van der Waals surface area contributed by atoms with Crippen molar-refractivity contribution in [1.29, 1.82) is 0 Å². The molecule has 6 heteroatoms. The highest BCUT2D eigenvalue weighted by molar-refractivity contribution is 7.92. The quantitative estimate of drug-likeness (QED) is 0.697. The van der Waals surface area contributed by atoms with E-state index in [0.29, 0.717) is 12.1 Å². The molecule has 2 rings (SSSR count). The third-order valence-electron chi connectivity index (χ3n) is 5.25. The first-order valence-corrected chi connectivity index (χ1v) is 11.8. The van der Waals surface area contributed by atoms with Gasteiger partial charge in [-0.05, 0) is 67.5 Å². The van der Waals surface area contributed by atoms with Gasteiger partial charge in [-0.15, -0.1) is 0 Å². The summed E-state index contributed by atoms with van der Waals surface area (Å²) in [6.45, 7) is 11.8. The normalized spacial score (nSPS) is 12.7. The van der Waals surface area contributed by atoms with Crippen LogP contribution in [0.5, 0.6) is 0 Å². The van der Waals surface area contributed by atoms with Crippen LogP contribution in [0.3, 0.4) is 0 Å². The van der Waals surface area contributed by atoms with E-state index in [1.165, 1.54) is 4.31 Å². The minimum atomic E-state index is -3.66. The molecule has 0 aromatic heterocycles. The minimum absolute atomic E-state index is 0.232. The molecule has 1 amide bonds. The van der Waals surface area contributed by atoms with E-state index in [-0.39, 0.29) is 11.8 Å². The number of aryl methyl sites for hydroxylation is 3. The van der Waals surface area contributed by atoms with E-state index >= 15 is 0 Å². The Morgan fingerprint density at radius 3 is 2.21 bits per heavy atom. The van der Waals surface area contributed by atoms with Crippen molar-refractivity contribution in [2.75, 3.05) is 15.9 Å². The van der Waals surface area contributed by atoms with E-state index in [1.54, 1.807) is 6.07 Å². The maximum absolute atomic E-state index is 13.3. The number of hydrogen-bond donors (Lipinski definition) is 1. The summed E-state index contributed by atoms with van der Waals surface area (Å²) >= 11 is 0. The third kappa shape index (κ3) is 5.18. The van der Waals surface area contributed by atoms with Crippen LogP contribution in [0.4, 0.5) is 11.4 Å². The highest BCUT2D eigenvalue weighted by Gasteiger charge is 2.32. The molecule has 0 spiro atoms. The lowest BCUT2D eigenvalue weighted by atomic mass is 9.98. The molecule has 1 atom stereocenters. The van der Waals surface area contributed by atoms with Gasteiger partial charge < -0.3 is 5.32 Å². The van der Waals surface area contributed by atoms with Gasteiger partial charge in [-0.1, -0.05) is 45.0 Å². The number of hydrogen-bond acceptors (Lipinski definition) is 3. The zero-order valence-electron chi connectivity index (χ0n) is 18.4. The maximum Gasteiger partial charge on any atom is 0.248 e. The van der Waals surface area contributed by atoms with Gasteiger partial charge in [-0.3, -0.25) is 9.10 Å². The van der Waals surface area contributed by atoms with Crippen LogP contribution in [0.1, 0.15) is 55.4 Å². The zero-order valence-corrected chi connectivity index (χ0v) is 19.2. The Labute approximate surface area is 175 Å². The number of carbonyl (C=O) groups is 1. The molecule has 0 fully saturated rings. The molecule has 1 N–H and O–H groups in total. The molecular weight excluding hydrogens is 384 g/mol. The first kappa shape index (κ1) is 22.9. The Morgan fingerprint density at radius 1 is 1.03 bits per heavy atom. The second-order valence-corrected chi connectivity index (χ2v) is 9.79. The van der Waals surface area contributed by atoms with E-state index in [2.05, 4.69) is 19.2 Å². The number of rotatable bonds is 7. The fourth-order valence-electron chi connectivity index (χ4n) is 3.47. The molecule has 5 nitrogen and oxygen atoms in total. The predicted molar refractivity (Wildman–Crippen MR) is 121 cm³/mol. The van der Waals surface area contributed by atoms with Gasteiger partial charge in [0.15, 0.2) is 0 Å². The molecule has 0 aliphatic rings. The zero-order chi connectivity index (χ0) is 21.9. The standard InChI is InChI=1S/C23H32N2O3S/c1-8-21(23(26)24-22-17(5)10-9-11-20(22)15(2)3)25(29(7,27)28)19-13-12-16(4)18(6)14-19/h9-15,21H,8H2,1-7H3,(H,24,26)/t21-/m1/s1. The van der Waals surface area contributed by atoms with Crippen LogP contribution in [0.15, 0.2) is 36.4 Å². The Hall–Kier alpha value is -2.34. The van der Waals surface area contributed by atoms with Gasteiger partial charge in [0.25, 0.3) is 0 Å². The highest BCUT2D eigenvalue weighted by atomic mass is 32.2. The lowest BCUT2D eigenvalue weighted by Crippen LogP contribution is -2.47. The van der Waals surface area contributed by atoms with Gasteiger partial charge >= 0.3 is 0 Å². The van der Waals surface area contributed by atoms with Crippen molar-refractivity contribution in [3.8, 4) is 0 Å². The van der Waals surface area contributed by atoms with Crippen molar-refractivity contribution in [3.63, 3.8) is 0 Å². The molecule has 2 aromatic rings. The van der Waals surface area contributed by atoms with Gasteiger partial charge in [0.2, 0.25) is 15.9 Å². The van der Waals surface area contributed by atoms with E-state index < -0.39 is 16.1 Å². The number of sulfonamides is 1. The molecule has 0 unspecified atom stereocenters. The van der Waals surface area contributed by atoms with Crippen LogP contribution in [0.25, 0.3) is 0 Å². The molecule has 0 bridgehead atoms. The molecule has 0 saturated heterocycles. The van der Waals surface area contributed by atoms with Crippen LogP contribution >= 0.6 is 0 Å². The van der Waals surface area contributed by atoms with Crippen molar-refractivity contribution in [3.05, 3.63) is 58.7 Å². The number of nitrogens with one attached hydrogen (secondary N) is 1. The topological polar surface area (TPSA) is 66.5 Å². The van der Waals surface area contributed by atoms with Gasteiger partial charge in [0.05, 0.1) is 11.9 Å². The number of amides is 1. The van der Waals surface area contributed by atoms with Crippen LogP contribution in [-0.2, 0) is 14.8 Å². The van der Waals surface area contributed by atoms with Crippen LogP contribution < -0.4 is 9.62 Å². The fraction of sp³-hybridized carbons (Fsp3) is 0.435. The van der Waals surface area contributed by atoms with Crippen molar-refractivity contribution in [2.24, 2.45) is 0 Å². The van der Waals surface area contributed by atoms with E-state index in [9.17, 15) is 13.2 Å². The number of para-hydroxylation sites is 1. The SMILES string of the molecule is CC[C@H](C(=O)Nc1c(C)cccc1C(C)C)N(c1ccc(C)c(C)c1)S(C)(=O)=O. The maximum atomic E-state index is 13.3. The fourth-order valence-corrected chi connectivity index (χ4v) is 4.68. The predicted octanol–water partition coefficient (Wildman–Crippen LogP) is 4.92. The van der Waals surface area contributed by atoms with Crippen LogP contribution in [0, 0.1) is 20.8 Å². The molecule has 0 heterocycles. The number of anilines is 2. The molecule has 0 aliphatic heterocycles. The van der Waals surface area contributed by atoms with Gasteiger partial charge in [-0.25, -0.2) is 8.42 Å². The molecule has 0 saturated carbocycles. The summed E-state index contributed by atoms with van der Waals surface area (Å²) in [5, 5.41) is 3.01. The van der Waals surface area contributed by atoms with Crippen molar-refractivity contribution >= 4 is 27.3 Å². The summed E-state index contributed by atoms with van der Waals surface area (Å²) < 4.78 is 26.6. The Balaban J connectivity index is 2.49. The summed E-state index contributed by atoms with van der Waals surface area (Å²) in [7, 11) is -3.66. The number of carbonyl (C=O) groups excluding carboxylic acids is 1. The van der Waals surface area contributed by atoms with Crippen LogP contribution in [0.2, 0.25) is 0 Å². The molecule has 29 heavy (non-hydrogen) atoms. The second kappa shape index (κ2) is 8.99. The number of benzene rings is 2. The minimum Gasteiger partial charge on any atom is -0.324 e. The molecule has 158 valence electrons. The highest BCUT2D eigenvalue weighted by Crippen LogP contribution is 2.29. The average molecular weight is 417 g/mol. The largest absolute Gasteiger partial charge is 0.324 e. The molecule has 2 aromatic carbocycles. The smallest absolute Gasteiger partial charge is 0.248 e. The van der Waals surface area contributed by atoms with E-state index in [4.69, 9.17) is 0 Å². The second-order valence-electron chi connectivity index (χ2n) is 7.93.